The number of fused-ring (bicyclic) bond motifs is 5. The molecule has 1 fully saturated rings. The lowest BCUT2D eigenvalue weighted by Gasteiger charge is -2.15. The maximum Gasteiger partial charge on any atom is 0.116 e. The molecule has 62 valence electrons. The second-order valence-corrected chi connectivity index (χ2v) is 3.42. The molecule has 0 saturated carbocycles. The highest BCUT2D eigenvalue weighted by Gasteiger charge is 2.44. The van der Waals surface area contributed by atoms with Crippen LogP contribution in [-0.2, 0) is 4.74 Å². The third-order valence-electron chi connectivity index (χ3n) is 2.67. The average Bonchev–Trinajstić information content (AvgIpc) is 2.62. The molecule has 0 aromatic carbocycles. The van der Waals surface area contributed by atoms with Gasteiger partial charge in [-0.3, -0.25) is 4.98 Å². The van der Waals surface area contributed by atoms with Crippen molar-refractivity contribution >= 4 is 0 Å². The van der Waals surface area contributed by atoms with E-state index in [1.54, 1.807) is 6.20 Å². The van der Waals surface area contributed by atoms with Gasteiger partial charge in [-0.2, -0.15) is 0 Å². The Balaban J connectivity index is 2.17. The molecule has 3 atom stereocenters. The summed E-state index contributed by atoms with van der Waals surface area (Å²) in [6, 6.07) is 4.19. The molecule has 0 aliphatic carbocycles. The fourth-order valence-corrected chi connectivity index (χ4v) is 2.11. The van der Waals surface area contributed by atoms with Crippen LogP contribution in [0.2, 0.25) is 0 Å². The molecule has 1 aromatic rings. The molecule has 3 unspecified atom stereocenters. The van der Waals surface area contributed by atoms with Crippen molar-refractivity contribution in [2.75, 3.05) is 0 Å². The summed E-state index contributed by atoms with van der Waals surface area (Å²) >= 11 is 0. The third-order valence-corrected chi connectivity index (χ3v) is 2.67. The second kappa shape index (κ2) is 2.06. The third kappa shape index (κ3) is 0.653. The minimum Gasteiger partial charge on any atom is -0.362 e. The molecule has 0 amide bonds. The molecule has 3 heterocycles. The fraction of sp³-hybridized carbons (Fsp3) is 0.444. The van der Waals surface area contributed by atoms with Gasteiger partial charge in [-0.1, -0.05) is 6.07 Å². The summed E-state index contributed by atoms with van der Waals surface area (Å²) in [6.07, 6.45) is 3.03. The lowest BCUT2D eigenvalue weighted by Crippen LogP contribution is -2.26. The second-order valence-electron chi connectivity index (χ2n) is 3.42. The summed E-state index contributed by atoms with van der Waals surface area (Å²) < 4.78 is 5.67. The summed E-state index contributed by atoms with van der Waals surface area (Å²) in [5, 5.41) is 0. The maximum atomic E-state index is 5.87. The van der Waals surface area contributed by atoms with E-state index in [4.69, 9.17) is 10.5 Å². The fourth-order valence-electron chi connectivity index (χ4n) is 2.11. The van der Waals surface area contributed by atoms with Crippen molar-refractivity contribution in [3.8, 4) is 0 Å². The molecule has 12 heavy (non-hydrogen) atoms. The Hall–Kier alpha value is -0.930. The van der Waals surface area contributed by atoms with Gasteiger partial charge in [0.2, 0.25) is 0 Å². The number of ether oxygens (including phenoxy) is 1. The number of hydrogen-bond donors (Lipinski definition) is 1. The van der Waals surface area contributed by atoms with Gasteiger partial charge >= 0.3 is 0 Å². The van der Waals surface area contributed by atoms with Crippen LogP contribution in [0.3, 0.4) is 0 Å². The SMILES string of the molecule is NC1CC2OC1c1ncccc12. The van der Waals surface area contributed by atoms with Crippen LogP contribution in [0.4, 0.5) is 0 Å². The maximum absolute atomic E-state index is 5.87. The van der Waals surface area contributed by atoms with E-state index in [-0.39, 0.29) is 18.2 Å². The zero-order valence-electron chi connectivity index (χ0n) is 6.60. The van der Waals surface area contributed by atoms with Crippen LogP contribution in [0.25, 0.3) is 0 Å². The Morgan fingerprint density at radius 1 is 1.58 bits per heavy atom. The van der Waals surface area contributed by atoms with Gasteiger partial charge < -0.3 is 10.5 Å². The first-order chi connectivity index (χ1) is 5.86. The van der Waals surface area contributed by atoms with Crippen LogP contribution in [0.1, 0.15) is 29.9 Å². The monoisotopic (exact) mass is 162 g/mol. The number of nitrogens with zero attached hydrogens (tertiary/aromatic N) is 1. The van der Waals surface area contributed by atoms with E-state index in [9.17, 15) is 0 Å². The average molecular weight is 162 g/mol. The predicted octanol–water partition coefficient (Wildman–Crippen LogP) is 0.925. The van der Waals surface area contributed by atoms with Crippen LogP contribution in [0, 0.1) is 0 Å². The van der Waals surface area contributed by atoms with Crippen molar-refractivity contribution < 1.29 is 4.74 Å². The Bertz CT molecular complexity index is 326. The van der Waals surface area contributed by atoms with E-state index in [1.807, 2.05) is 6.07 Å². The largest absolute Gasteiger partial charge is 0.362 e. The summed E-state index contributed by atoms with van der Waals surface area (Å²) in [5.41, 5.74) is 8.17. The topological polar surface area (TPSA) is 48.1 Å². The quantitative estimate of drug-likeness (QED) is 0.617. The highest BCUT2D eigenvalue weighted by Crippen LogP contribution is 2.48. The van der Waals surface area contributed by atoms with Crippen LogP contribution in [0.5, 0.6) is 0 Å². The first kappa shape index (κ1) is 6.57. The molecule has 3 heteroatoms. The van der Waals surface area contributed by atoms with Gasteiger partial charge in [-0.05, 0) is 12.5 Å². The molecular formula is C9H10N2O. The summed E-state index contributed by atoms with van der Waals surface area (Å²) in [5.74, 6) is 0. The molecule has 2 N–H and O–H groups in total. The van der Waals surface area contributed by atoms with E-state index in [0.29, 0.717) is 0 Å². The van der Waals surface area contributed by atoms with Crippen molar-refractivity contribution in [1.29, 1.82) is 0 Å². The van der Waals surface area contributed by atoms with E-state index < -0.39 is 0 Å². The molecule has 0 radical (unpaired) electrons. The first-order valence-electron chi connectivity index (χ1n) is 4.22. The number of aromatic nitrogens is 1. The van der Waals surface area contributed by atoms with E-state index in [0.717, 1.165) is 12.1 Å². The molecular weight excluding hydrogens is 152 g/mol. The molecule has 2 bridgehead atoms. The van der Waals surface area contributed by atoms with Crippen LogP contribution < -0.4 is 5.73 Å². The highest BCUT2D eigenvalue weighted by molar-refractivity contribution is 5.32. The predicted molar refractivity (Wildman–Crippen MR) is 43.4 cm³/mol. The van der Waals surface area contributed by atoms with E-state index in [2.05, 4.69) is 11.1 Å². The van der Waals surface area contributed by atoms with Gasteiger partial charge in [0.1, 0.15) is 6.10 Å². The zero-order valence-corrected chi connectivity index (χ0v) is 6.60. The van der Waals surface area contributed by atoms with Gasteiger partial charge in [-0.25, -0.2) is 0 Å². The van der Waals surface area contributed by atoms with E-state index in [1.165, 1.54) is 5.56 Å². The molecule has 3 nitrogen and oxygen atoms in total. The Morgan fingerprint density at radius 3 is 3.42 bits per heavy atom. The lowest BCUT2D eigenvalue weighted by atomic mass is 9.93. The van der Waals surface area contributed by atoms with Gasteiger partial charge in [0.25, 0.3) is 0 Å². The van der Waals surface area contributed by atoms with Crippen LogP contribution in [-0.4, -0.2) is 11.0 Å². The van der Waals surface area contributed by atoms with Gasteiger partial charge in [0, 0.05) is 17.8 Å². The lowest BCUT2D eigenvalue weighted by molar-refractivity contribution is 0.0665. The molecule has 0 spiro atoms. The molecule has 2 aliphatic heterocycles. The summed E-state index contributed by atoms with van der Waals surface area (Å²) in [4.78, 5) is 4.29. The normalized spacial score (nSPS) is 36.9. The van der Waals surface area contributed by atoms with Crippen molar-refractivity contribution in [3.63, 3.8) is 0 Å². The van der Waals surface area contributed by atoms with Crippen molar-refractivity contribution in [1.82, 2.24) is 4.98 Å². The molecule has 1 aromatic heterocycles. The number of hydrogen-bond acceptors (Lipinski definition) is 3. The minimum atomic E-state index is 0.0613. The Labute approximate surface area is 70.6 Å². The Kier molecular flexibility index (Phi) is 1.13. The minimum absolute atomic E-state index is 0.0613. The van der Waals surface area contributed by atoms with Gasteiger partial charge in [0.05, 0.1) is 11.8 Å². The molecule has 1 saturated heterocycles. The zero-order chi connectivity index (χ0) is 8.13. The Morgan fingerprint density at radius 2 is 2.50 bits per heavy atom. The summed E-state index contributed by atoms with van der Waals surface area (Å²) in [7, 11) is 0. The van der Waals surface area contributed by atoms with Gasteiger partial charge in [-0.15, -0.1) is 0 Å². The number of pyridine rings is 1. The molecule has 2 aliphatic rings. The number of nitrogens with two attached hydrogens (primary N) is 1. The van der Waals surface area contributed by atoms with Crippen LogP contribution in [0.15, 0.2) is 18.3 Å². The summed E-state index contributed by atoms with van der Waals surface area (Å²) in [6.45, 7) is 0. The molecule has 3 rings (SSSR count). The van der Waals surface area contributed by atoms with Crippen molar-refractivity contribution in [2.24, 2.45) is 5.73 Å². The van der Waals surface area contributed by atoms with Gasteiger partial charge in [0.15, 0.2) is 0 Å². The van der Waals surface area contributed by atoms with Crippen molar-refractivity contribution in [2.45, 2.75) is 24.7 Å². The smallest absolute Gasteiger partial charge is 0.116 e. The highest BCUT2D eigenvalue weighted by atomic mass is 16.5. The first-order valence-corrected chi connectivity index (χ1v) is 4.22. The standard InChI is InChI=1S/C9H10N2O/c10-6-4-7-5-2-1-3-11-8(5)9(6)12-7/h1-3,6-7,9H,4,10H2. The van der Waals surface area contributed by atoms with E-state index >= 15 is 0 Å². The number of rotatable bonds is 0. The van der Waals surface area contributed by atoms with Crippen molar-refractivity contribution in [3.05, 3.63) is 29.6 Å². The van der Waals surface area contributed by atoms with Crippen LogP contribution >= 0.6 is 0 Å².